The molecule has 0 radical (unpaired) electrons. The molecule has 2 N–H and O–H groups in total. The largest absolute Gasteiger partial charge is 0.449 e. The van der Waals surface area contributed by atoms with Gasteiger partial charge in [-0.2, -0.15) is 0 Å². The predicted octanol–water partition coefficient (Wildman–Crippen LogP) is 4.37. The molecular formula is C23H25ClN4O3. The number of rotatable bonds is 5. The maximum absolute atomic E-state index is 13.8. The van der Waals surface area contributed by atoms with E-state index in [4.69, 9.17) is 21.8 Å². The molecule has 0 spiro atoms. The Hall–Kier alpha value is -2.90. The summed E-state index contributed by atoms with van der Waals surface area (Å²) >= 11 is 6.03. The van der Waals surface area contributed by atoms with Gasteiger partial charge in [-0.25, -0.2) is 4.98 Å². The van der Waals surface area contributed by atoms with Crippen molar-refractivity contribution in [2.24, 2.45) is 11.7 Å². The lowest BCUT2D eigenvalue weighted by atomic mass is 9.84. The number of nitrogens with zero attached hydrogens (tertiary/aromatic N) is 3. The van der Waals surface area contributed by atoms with Crippen molar-refractivity contribution in [1.82, 2.24) is 9.88 Å². The first kappa shape index (κ1) is 21.3. The normalized spacial score (nSPS) is 19.0. The maximum atomic E-state index is 13.8. The van der Waals surface area contributed by atoms with Crippen molar-refractivity contribution in [2.45, 2.75) is 31.7 Å². The first-order chi connectivity index (χ1) is 14.9. The van der Waals surface area contributed by atoms with Crippen LogP contribution in [0.15, 0.2) is 47.0 Å². The number of primary amides is 1. The van der Waals surface area contributed by atoms with Gasteiger partial charge in [-0.1, -0.05) is 23.7 Å². The van der Waals surface area contributed by atoms with Gasteiger partial charge in [-0.15, -0.1) is 0 Å². The van der Waals surface area contributed by atoms with E-state index in [9.17, 15) is 9.59 Å². The first-order valence-corrected chi connectivity index (χ1v) is 10.7. The lowest BCUT2D eigenvalue weighted by Crippen LogP contribution is -2.39. The summed E-state index contributed by atoms with van der Waals surface area (Å²) in [5.41, 5.74) is 6.44. The second-order valence-corrected chi connectivity index (χ2v) is 8.55. The Balaban J connectivity index is 1.81. The van der Waals surface area contributed by atoms with E-state index in [-0.39, 0.29) is 17.6 Å². The number of amides is 2. The van der Waals surface area contributed by atoms with Crippen molar-refractivity contribution < 1.29 is 14.0 Å². The standard InChI is InChI=1S/C23H25ClN4O3/c1-27(2)16-10-7-14(8-11-16)23(30)28(19-12-9-15(24)13-26-19)20-17-5-3-4-6-18(17)31-21(20)22(25)29/h3-6,9,12-14,16H,7-8,10-11H2,1-2H3,(H2,25,29). The highest BCUT2D eigenvalue weighted by Crippen LogP contribution is 2.40. The van der Waals surface area contributed by atoms with Gasteiger partial charge in [0.1, 0.15) is 17.1 Å². The van der Waals surface area contributed by atoms with Crippen molar-refractivity contribution in [3.05, 3.63) is 53.4 Å². The number of halogens is 1. The van der Waals surface area contributed by atoms with E-state index >= 15 is 0 Å². The molecule has 1 aromatic carbocycles. The molecule has 2 amide bonds. The number of carbonyl (C=O) groups is 2. The van der Waals surface area contributed by atoms with Crippen LogP contribution in [0, 0.1) is 5.92 Å². The Kier molecular flexibility index (Phi) is 5.98. The zero-order chi connectivity index (χ0) is 22.1. The number of carbonyl (C=O) groups excluding carboxylic acids is 2. The van der Waals surface area contributed by atoms with Crippen LogP contribution < -0.4 is 10.6 Å². The number of hydrogen-bond donors (Lipinski definition) is 1. The Labute approximate surface area is 185 Å². The number of hydrogen-bond acceptors (Lipinski definition) is 5. The number of benzene rings is 1. The molecule has 3 aromatic rings. The van der Waals surface area contributed by atoms with E-state index in [0.29, 0.717) is 33.5 Å². The van der Waals surface area contributed by atoms with Gasteiger partial charge in [0.15, 0.2) is 0 Å². The Bertz CT molecular complexity index is 1100. The number of nitrogens with two attached hydrogens (primary N) is 1. The van der Waals surface area contributed by atoms with Crippen LogP contribution in [0.5, 0.6) is 0 Å². The Morgan fingerprint density at radius 3 is 2.42 bits per heavy atom. The molecule has 2 heterocycles. The van der Waals surface area contributed by atoms with Crippen LogP contribution in [0.1, 0.15) is 36.2 Å². The van der Waals surface area contributed by atoms with E-state index in [1.165, 1.54) is 11.1 Å². The van der Waals surface area contributed by atoms with Crippen molar-refractivity contribution in [3.63, 3.8) is 0 Å². The number of pyridine rings is 1. The van der Waals surface area contributed by atoms with Gasteiger partial charge < -0.3 is 15.1 Å². The molecule has 4 rings (SSSR count). The SMILES string of the molecule is CN(C)C1CCC(C(=O)N(c2ccc(Cl)cn2)c2c(C(N)=O)oc3ccccc23)CC1. The average Bonchev–Trinajstić information content (AvgIpc) is 3.15. The number of fused-ring (bicyclic) bond motifs is 1. The lowest BCUT2D eigenvalue weighted by Gasteiger charge is -2.34. The third-order valence-corrected chi connectivity index (χ3v) is 6.18. The summed E-state index contributed by atoms with van der Waals surface area (Å²) in [7, 11) is 4.13. The lowest BCUT2D eigenvalue weighted by molar-refractivity contribution is -0.122. The van der Waals surface area contributed by atoms with Crippen LogP contribution in [0.3, 0.4) is 0 Å². The van der Waals surface area contributed by atoms with Gasteiger partial charge in [0.2, 0.25) is 11.7 Å². The Morgan fingerprint density at radius 1 is 1.10 bits per heavy atom. The van der Waals surface area contributed by atoms with Gasteiger partial charge in [0, 0.05) is 23.5 Å². The van der Waals surface area contributed by atoms with Crippen LogP contribution >= 0.6 is 11.6 Å². The summed E-state index contributed by atoms with van der Waals surface area (Å²) in [6, 6.07) is 11.0. The number of para-hydroxylation sites is 1. The molecule has 0 bridgehead atoms. The van der Waals surface area contributed by atoms with E-state index in [1.807, 2.05) is 6.07 Å². The summed E-state index contributed by atoms with van der Waals surface area (Å²) in [4.78, 5) is 34.1. The molecule has 1 saturated carbocycles. The molecule has 0 unspecified atom stereocenters. The molecular weight excluding hydrogens is 416 g/mol. The summed E-state index contributed by atoms with van der Waals surface area (Å²) in [6.45, 7) is 0. The summed E-state index contributed by atoms with van der Waals surface area (Å²) in [6.07, 6.45) is 4.85. The van der Waals surface area contributed by atoms with Crippen molar-refractivity contribution in [3.8, 4) is 0 Å². The second kappa shape index (κ2) is 8.69. The number of anilines is 2. The fourth-order valence-corrected chi connectivity index (χ4v) is 4.39. The molecule has 162 valence electrons. The van der Waals surface area contributed by atoms with Gasteiger partial charge in [-0.05, 0) is 64.0 Å². The highest BCUT2D eigenvalue weighted by atomic mass is 35.5. The first-order valence-electron chi connectivity index (χ1n) is 10.3. The van der Waals surface area contributed by atoms with Crippen molar-refractivity contribution >= 4 is 45.9 Å². The number of furan rings is 1. The topological polar surface area (TPSA) is 92.7 Å². The van der Waals surface area contributed by atoms with Crippen LogP contribution in [0.2, 0.25) is 5.02 Å². The molecule has 31 heavy (non-hydrogen) atoms. The van der Waals surface area contributed by atoms with Crippen LogP contribution in [-0.2, 0) is 4.79 Å². The highest BCUT2D eigenvalue weighted by Gasteiger charge is 2.35. The third-order valence-electron chi connectivity index (χ3n) is 5.95. The molecule has 0 aliphatic heterocycles. The van der Waals surface area contributed by atoms with E-state index in [1.54, 1.807) is 30.3 Å². The molecule has 7 nitrogen and oxygen atoms in total. The monoisotopic (exact) mass is 440 g/mol. The summed E-state index contributed by atoms with van der Waals surface area (Å²) in [5, 5.41) is 1.08. The van der Waals surface area contributed by atoms with E-state index in [2.05, 4.69) is 24.0 Å². The quantitative estimate of drug-likeness (QED) is 0.636. The molecule has 8 heteroatoms. The van der Waals surface area contributed by atoms with Crippen molar-refractivity contribution in [1.29, 1.82) is 0 Å². The van der Waals surface area contributed by atoms with E-state index < -0.39 is 5.91 Å². The maximum Gasteiger partial charge on any atom is 0.286 e. The van der Waals surface area contributed by atoms with Crippen molar-refractivity contribution in [2.75, 3.05) is 19.0 Å². The molecule has 0 atom stereocenters. The number of aromatic nitrogens is 1. The molecule has 0 saturated heterocycles. The minimum atomic E-state index is -0.741. The van der Waals surface area contributed by atoms with E-state index in [0.717, 1.165) is 25.7 Å². The third kappa shape index (κ3) is 4.16. The van der Waals surface area contributed by atoms with Gasteiger partial charge >= 0.3 is 0 Å². The fourth-order valence-electron chi connectivity index (χ4n) is 4.28. The second-order valence-electron chi connectivity index (χ2n) is 8.12. The predicted molar refractivity (Wildman–Crippen MR) is 121 cm³/mol. The Morgan fingerprint density at radius 2 is 1.81 bits per heavy atom. The van der Waals surface area contributed by atoms with Gasteiger partial charge in [-0.3, -0.25) is 14.5 Å². The van der Waals surface area contributed by atoms with Gasteiger partial charge in [0.25, 0.3) is 5.91 Å². The minimum absolute atomic E-state index is 0.0618. The average molecular weight is 441 g/mol. The van der Waals surface area contributed by atoms with Gasteiger partial charge in [0.05, 0.1) is 5.02 Å². The summed E-state index contributed by atoms with van der Waals surface area (Å²) in [5.74, 6) is -0.745. The zero-order valence-electron chi connectivity index (χ0n) is 17.5. The smallest absolute Gasteiger partial charge is 0.286 e. The molecule has 1 fully saturated rings. The molecule has 2 aromatic heterocycles. The summed E-state index contributed by atoms with van der Waals surface area (Å²) < 4.78 is 5.74. The highest BCUT2D eigenvalue weighted by molar-refractivity contribution is 6.30. The molecule has 1 aliphatic carbocycles. The van der Waals surface area contributed by atoms with Crippen LogP contribution in [0.25, 0.3) is 11.0 Å². The molecule has 1 aliphatic rings. The van der Waals surface area contributed by atoms with Crippen LogP contribution in [-0.4, -0.2) is 41.8 Å². The fraction of sp³-hybridized carbons (Fsp3) is 0.348. The minimum Gasteiger partial charge on any atom is -0.449 e. The zero-order valence-corrected chi connectivity index (χ0v) is 18.3. The van der Waals surface area contributed by atoms with Crippen LogP contribution in [0.4, 0.5) is 11.5 Å².